The molecule has 2 aromatic carbocycles. The molecular formula is C23H21F3N4O2S. The van der Waals surface area contributed by atoms with Gasteiger partial charge in [0, 0.05) is 23.6 Å². The normalized spacial score (nSPS) is 15.7. The molecule has 10 heteroatoms. The Hall–Kier alpha value is -3.27. The number of carbonyl (C=O) groups is 2. The van der Waals surface area contributed by atoms with E-state index in [0.29, 0.717) is 17.1 Å². The summed E-state index contributed by atoms with van der Waals surface area (Å²) in [4.78, 5) is 25.6. The van der Waals surface area contributed by atoms with Crippen LogP contribution in [0.2, 0.25) is 0 Å². The summed E-state index contributed by atoms with van der Waals surface area (Å²) in [6.07, 6.45) is -4.75. The molecule has 1 aromatic heterocycles. The van der Waals surface area contributed by atoms with E-state index in [1.807, 2.05) is 12.1 Å². The van der Waals surface area contributed by atoms with Crippen molar-refractivity contribution < 1.29 is 22.8 Å². The van der Waals surface area contributed by atoms with Gasteiger partial charge in [-0.3, -0.25) is 9.59 Å². The van der Waals surface area contributed by atoms with Crippen LogP contribution < -0.4 is 10.6 Å². The number of amides is 2. The van der Waals surface area contributed by atoms with Crippen LogP contribution in [-0.4, -0.2) is 26.8 Å². The van der Waals surface area contributed by atoms with E-state index in [1.165, 1.54) is 28.6 Å². The van der Waals surface area contributed by atoms with Gasteiger partial charge in [0.05, 0.1) is 27.9 Å². The first kappa shape index (κ1) is 22.9. The minimum atomic E-state index is -4.60. The second kappa shape index (κ2) is 8.93. The lowest BCUT2D eigenvalue weighted by Gasteiger charge is -2.23. The van der Waals surface area contributed by atoms with Crippen LogP contribution in [-0.2, 0) is 22.3 Å². The third-order valence-electron chi connectivity index (χ3n) is 5.21. The van der Waals surface area contributed by atoms with E-state index < -0.39 is 22.9 Å². The van der Waals surface area contributed by atoms with Crippen molar-refractivity contribution in [3.63, 3.8) is 0 Å². The molecule has 3 aromatic rings. The van der Waals surface area contributed by atoms with Crippen molar-refractivity contribution in [2.75, 3.05) is 5.32 Å². The Bertz CT molecular complexity index is 1220. The largest absolute Gasteiger partial charge is 0.416 e. The molecule has 4 rings (SSSR count). The molecule has 33 heavy (non-hydrogen) atoms. The lowest BCUT2D eigenvalue weighted by Crippen LogP contribution is -2.35. The monoisotopic (exact) mass is 474 g/mol. The molecule has 0 fully saturated rings. The molecule has 0 aliphatic carbocycles. The van der Waals surface area contributed by atoms with Gasteiger partial charge in [0.2, 0.25) is 11.8 Å². The second-order valence-corrected chi connectivity index (χ2v) is 9.00. The molecule has 1 unspecified atom stereocenters. The van der Waals surface area contributed by atoms with E-state index in [4.69, 9.17) is 0 Å². The molecule has 1 aliphatic heterocycles. The summed E-state index contributed by atoms with van der Waals surface area (Å²) in [7, 11) is 0. The predicted molar refractivity (Wildman–Crippen MR) is 119 cm³/mol. The number of fused-ring (bicyclic) bond motifs is 1. The highest BCUT2D eigenvalue weighted by Crippen LogP contribution is 2.37. The van der Waals surface area contributed by atoms with Crippen LogP contribution in [0.3, 0.4) is 0 Å². The summed E-state index contributed by atoms with van der Waals surface area (Å²) in [5.74, 6) is -0.808. The Morgan fingerprint density at radius 1 is 1.18 bits per heavy atom. The fourth-order valence-corrected chi connectivity index (χ4v) is 4.78. The standard InChI is InChI=1S/C23H21F3N4O2S/c1-13-9-14(2)30(29-13)16-8-7-15(17(10-16)23(24,25)26)12-27-21(31)11-20-22(32)28-18-5-3-4-6-19(18)33-20/h3-10,20H,11-12H2,1-2H3,(H,27,31)(H,28,32). The van der Waals surface area contributed by atoms with Crippen LogP contribution in [0.4, 0.5) is 18.9 Å². The van der Waals surface area contributed by atoms with Crippen molar-refractivity contribution in [3.05, 3.63) is 71.0 Å². The van der Waals surface area contributed by atoms with E-state index in [1.54, 1.807) is 32.0 Å². The number of alkyl halides is 3. The number of thioether (sulfide) groups is 1. The van der Waals surface area contributed by atoms with Crippen LogP contribution in [0.25, 0.3) is 5.69 Å². The number of nitrogens with zero attached hydrogens (tertiary/aromatic N) is 2. The average Bonchev–Trinajstić information content (AvgIpc) is 3.10. The van der Waals surface area contributed by atoms with Crippen molar-refractivity contribution in [3.8, 4) is 5.69 Å². The Balaban J connectivity index is 1.47. The lowest BCUT2D eigenvalue weighted by atomic mass is 10.1. The lowest BCUT2D eigenvalue weighted by molar-refractivity contribution is -0.138. The summed E-state index contributed by atoms with van der Waals surface area (Å²) in [6, 6.07) is 12.9. The number of anilines is 1. The first-order chi connectivity index (χ1) is 15.6. The highest BCUT2D eigenvalue weighted by Gasteiger charge is 2.34. The van der Waals surface area contributed by atoms with E-state index in [9.17, 15) is 22.8 Å². The third kappa shape index (κ3) is 5.05. The van der Waals surface area contributed by atoms with Crippen molar-refractivity contribution in [1.82, 2.24) is 15.1 Å². The van der Waals surface area contributed by atoms with E-state index in [0.717, 1.165) is 11.0 Å². The van der Waals surface area contributed by atoms with Crippen molar-refractivity contribution in [1.29, 1.82) is 0 Å². The third-order valence-corrected chi connectivity index (χ3v) is 6.48. The molecular weight excluding hydrogens is 453 g/mol. The van der Waals surface area contributed by atoms with Gasteiger partial charge in [0.25, 0.3) is 0 Å². The average molecular weight is 475 g/mol. The zero-order valence-electron chi connectivity index (χ0n) is 17.9. The SMILES string of the molecule is Cc1cc(C)n(-c2ccc(CNC(=O)CC3Sc4ccccc4NC3=O)c(C(F)(F)F)c2)n1. The number of halogens is 3. The van der Waals surface area contributed by atoms with Crippen LogP contribution in [0, 0.1) is 13.8 Å². The number of aromatic nitrogens is 2. The minimum absolute atomic E-state index is 0.0628. The van der Waals surface area contributed by atoms with Gasteiger partial charge in [0.1, 0.15) is 0 Å². The van der Waals surface area contributed by atoms with Crippen molar-refractivity contribution in [2.24, 2.45) is 0 Å². The maximum absolute atomic E-state index is 13.7. The molecule has 1 atom stereocenters. The van der Waals surface area contributed by atoms with E-state index in [-0.39, 0.29) is 30.1 Å². The number of para-hydroxylation sites is 1. The number of benzene rings is 2. The topological polar surface area (TPSA) is 76.0 Å². The van der Waals surface area contributed by atoms with Gasteiger partial charge < -0.3 is 10.6 Å². The molecule has 1 aliphatic rings. The van der Waals surface area contributed by atoms with Gasteiger partial charge in [-0.15, -0.1) is 11.8 Å². The molecule has 172 valence electrons. The zero-order valence-corrected chi connectivity index (χ0v) is 18.7. The quantitative estimate of drug-likeness (QED) is 0.566. The van der Waals surface area contributed by atoms with Gasteiger partial charge >= 0.3 is 6.18 Å². The number of aryl methyl sites for hydroxylation is 2. The molecule has 0 radical (unpaired) electrons. The number of hydrogen-bond donors (Lipinski definition) is 2. The first-order valence-corrected chi connectivity index (χ1v) is 11.1. The Morgan fingerprint density at radius 3 is 2.64 bits per heavy atom. The molecule has 0 spiro atoms. The Labute approximate surface area is 192 Å². The first-order valence-electron chi connectivity index (χ1n) is 10.2. The summed E-state index contributed by atoms with van der Waals surface area (Å²) in [5.41, 5.74) is 1.48. The fraction of sp³-hybridized carbons (Fsp3) is 0.261. The maximum atomic E-state index is 13.7. The molecule has 6 nitrogen and oxygen atoms in total. The van der Waals surface area contributed by atoms with E-state index in [2.05, 4.69) is 15.7 Å². The molecule has 2 N–H and O–H groups in total. The number of nitrogens with one attached hydrogen (secondary N) is 2. The molecule has 0 bridgehead atoms. The highest BCUT2D eigenvalue weighted by atomic mass is 32.2. The molecule has 2 amide bonds. The maximum Gasteiger partial charge on any atom is 0.416 e. The minimum Gasteiger partial charge on any atom is -0.352 e. The highest BCUT2D eigenvalue weighted by molar-refractivity contribution is 8.01. The smallest absolute Gasteiger partial charge is 0.352 e. The summed E-state index contributed by atoms with van der Waals surface area (Å²) < 4.78 is 42.7. The van der Waals surface area contributed by atoms with Gasteiger partial charge in [0.15, 0.2) is 0 Å². The zero-order chi connectivity index (χ0) is 23.8. The van der Waals surface area contributed by atoms with Crippen LogP contribution in [0.1, 0.15) is 28.9 Å². The number of hydrogen-bond acceptors (Lipinski definition) is 4. The van der Waals surface area contributed by atoms with Crippen molar-refractivity contribution >= 4 is 29.3 Å². The van der Waals surface area contributed by atoms with Crippen LogP contribution in [0.5, 0.6) is 0 Å². The van der Waals surface area contributed by atoms with Gasteiger partial charge in [-0.1, -0.05) is 18.2 Å². The number of carbonyl (C=O) groups excluding carboxylic acids is 2. The summed E-state index contributed by atoms with van der Waals surface area (Å²) in [5, 5.41) is 8.85. The van der Waals surface area contributed by atoms with E-state index >= 15 is 0 Å². The summed E-state index contributed by atoms with van der Waals surface area (Å²) >= 11 is 1.26. The molecule has 2 heterocycles. The van der Waals surface area contributed by atoms with Gasteiger partial charge in [-0.2, -0.15) is 18.3 Å². The summed E-state index contributed by atoms with van der Waals surface area (Å²) in [6.45, 7) is 3.22. The van der Waals surface area contributed by atoms with Gasteiger partial charge in [-0.05, 0) is 49.7 Å². The predicted octanol–water partition coefficient (Wildman–Crippen LogP) is 4.63. The fourth-order valence-electron chi connectivity index (χ4n) is 3.67. The Morgan fingerprint density at radius 2 is 1.94 bits per heavy atom. The molecule has 0 saturated heterocycles. The van der Waals surface area contributed by atoms with Crippen molar-refractivity contribution in [2.45, 2.75) is 43.1 Å². The van der Waals surface area contributed by atoms with Crippen LogP contribution >= 0.6 is 11.8 Å². The second-order valence-electron chi connectivity index (χ2n) is 7.75. The Kier molecular flexibility index (Phi) is 6.20. The molecule has 0 saturated carbocycles. The van der Waals surface area contributed by atoms with Gasteiger partial charge in [-0.25, -0.2) is 4.68 Å². The number of rotatable bonds is 5. The van der Waals surface area contributed by atoms with Crippen LogP contribution in [0.15, 0.2) is 53.4 Å².